The predicted molar refractivity (Wildman–Crippen MR) is 86.0 cm³/mol. The Morgan fingerprint density at radius 1 is 1.12 bits per heavy atom. The normalized spacial score (nSPS) is 20.1. The Bertz CT molecular complexity index is 822. The molecule has 1 fully saturated rings. The molecule has 1 aliphatic heterocycles. The van der Waals surface area contributed by atoms with E-state index < -0.39 is 22.4 Å². The molecule has 1 aliphatic rings. The number of hydrogen-bond acceptors (Lipinski definition) is 4. The number of imide groups is 1. The van der Waals surface area contributed by atoms with Crippen molar-refractivity contribution in [2.75, 3.05) is 0 Å². The number of nitrogens with zero attached hydrogens (tertiary/aromatic N) is 2. The lowest BCUT2D eigenvalue weighted by Crippen LogP contribution is -2.40. The fourth-order valence-electron chi connectivity index (χ4n) is 2.73. The van der Waals surface area contributed by atoms with Gasteiger partial charge in [0.1, 0.15) is 5.54 Å². The molecule has 122 valence electrons. The van der Waals surface area contributed by atoms with Crippen LogP contribution in [0.4, 0.5) is 10.5 Å². The lowest BCUT2D eigenvalue weighted by molar-refractivity contribution is -0.385. The fraction of sp³-hybridized carbons (Fsp3) is 0.176. The number of rotatable bonds is 4. The van der Waals surface area contributed by atoms with Crippen molar-refractivity contribution in [3.63, 3.8) is 0 Å². The lowest BCUT2D eigenvalue weighted by Gasteiger charge is -2.22. The van der Waals surface area contributed by atoms with Crippen molar-refractivity contribution in [3.05, 3.63) is 75.8 Å². The fourth-order valence-corrected chi connectivity index (χ4v) is 2.73. The highest BCUT2D eigenvalue weighted by Gasteiger charge is 2.49. The Balaban J connectivity index is 1.92. The van der Waals surface area contributed by atoms with Crippen LogP contribution in [0.3, 0.4) is 0 Å². The second-order valence-corrected chi connectivity index (χ2v) is 5.74. The van der Waals surface area contributed by atoms with Crippen LogP contribution in [-0.2, 0) is 16.9 Å². The standard InChI is InChI=1S/C17H15N3O4/c1-17(13-8-5-9-14(10-13)20(23)24)15(21)19(16(22)18-17)11-12-6-3-2-4-7-12/h2-10H,11H2,1H3,(H,18,22)/t17-/m1/s1. The van der Waals surface area contributed by atoms with E-state index in [1.54, 1.807) is 13.0 Å². The van der Waals surface area contributed by atoms with Gasteiger partial charge in [0, 0.05) is 12.1 Å². The molecule has 7 heteroatoms. The van der Waals surface area contributed by atoms with Crippen molar-refractivity contribution in [2.45, 2.75) is 19.0 Å². The number of carbonyl (C=O) groups excluding carboxylic acids is 2. The smallest absolute Gasteiger partial charge is 0.319 e. The van der Waals surface area contributed by atoms with Crippen LogP contribution in [-0.4, -0.2) is 21.8 Å². The predicted octanol–water partition coefficient (Wildman–Crippen LogP) is 2.56. The number of benzene rings is 2. The highest BCUT2D eigenvalue weighted by Crippen LogP contribution is 2.31. The summed E-state index contributed by atoms with van der Waals surface area (Å²) in [5.74, 6) is -0.433. The molecule has 0 aromatic heterocycles. The average Bonchev–Trinajstić information content (AvgIpc) is 2.80. The van der Waals surface area contributed by atoms with Crippen LogP contribution >= 0.6 is 0 Å². The minimum Gasteiger partial charge on any atom is -0.319 e. The first kappa shape index (κ1) is 15.7. The second kappa shape index (κ2) is 5.77. The van der Waals surface area contributed by atoms with Gasteiger partial charge in [-0.05, 0) is 18.1 Å². The van der Waals surface area contributed by atoms with Crippen LogP contribution in [0, 0.1) is 10.1 Å². The third-order valence-electron chi connectivity index (χ3n) is 4.09. The molecule has 3 rings (SSSR count). The van der Waals surface area contributed by atoms with Gasteiger partial charge in [-0.25, -0.2) is 4.79 Å². The van der Waals surface area contributed by atoms with Gasteiger partial charge in [0.2, 0.25) is 0 Å². The summed E-state index contributed by atoms with van der Waals surface area (Å²) >= 11 is 0. The Hall–Kier alpha value is -3.22. The van der Waals surface area contributed by atoms with E-state index in [0.717, 1.165) is 10.5 Å². The summed E-state index contributed by atoms with van der Waals surface area (Å²) in [5, 5.41) is 13.6. The van der Waals surface area contributed by atoms with E-state index in [9.17, 15) is 19.7 Å². The summed E-state index contributed by atoms with van der Waals surface area (Å²) in [5.41, 5.74) is -0.245. The van der Waals surface area contributed by atoms with E-state index in [2.05, 4.69) is 5.32 Å². The largest absolute Gasteiger partial charge is 0.325 e. The van der Waals surface area contributed by atoms with E-state index in [1.165, 1.54) is 18.2 Å². The quantitative estimate of drug-likeness (QED) is 0.531. The van der Waals surface area contributed by atoms with Crippen LogP contribution in [0.2, 0.25) is 0 Å². The topological polar surface area (TPSA) is 92.6 Å². The van der Waals surface area contributed by atoms with Crippen molar-refractivity contribution < 1.29 is 14.5 Å². The summed E-state index contributed by atoms with van der Waals surface area (Å²) in [6.45, 7) is 1.70. The van der Waals surface area contributed by atoms with Crippen LogP contribution in [0.5, 0.6) is 0 Å². The Morgan fingerprint density at radius 3 is 2.50 bits per heavy atom. The molecule has 2 aromatic carbocycles. The van der Waals surface area contributed by atoms with E-state index in [1.807, 2.05) is 30.3 Å². The number of nitrogens with one attached hydrogen (secondary N) is 1. The number of nitro groups is 1. The molecule has 24 heavy (non-hydrogen) atoms. The molecule has 1 N–H and O–H groups in total. The Morgan fingerprint density at radius 2 is 1.83 bits per heavy atom. The van der Waals surface area contributed by atoms with Crippen molar-refractivity contribution in [1.29, 1.82) is 0 Å². The first-order valence-corrected chi connectivity index (χ1v) is 7.35. The van der Waals surface area contributed by atoms with Gasteiger partial charge in [0.05, 0.1) is 11.5 Å². The van der Waals surface area contributed by atoms with Gasteiger partial charge in [0.15, 0.2) is 0 Å². The molecule has 1 saturated heterocycles. The second-order valence-electron chi connectivity index (χ2n) is 5.74. The summed E-state index contributed by atoms with van der Waals surface area (Å²) in [7, 11) is 0. The van der Waals surface area contributed by atoms with Crippen LogP contribution in [0.1, 0.15) is 18.1 Å². The number of amides is 3. The maximum absolute atomic E-state index is 12.8. The number of carbonyl (C=O) groups is 2. The van der Waals surface area contributed by atoms with Gasteiger partial charge in [-0.3, -0.25) is 19.8 Å². The first-order chi connectivity index (χ1) is 11.4. The van der Waals surface area contributed by atoms with E-state index in [4.69, 9.17) is 0 Å². The average molecular weight is 325 g/mol. The minimum atomic E-state index is -1.32. The van der Waals surface area contributed by atoms with Gasteiger partial charge in [-0.1, -0.05) is 42.5 Å². The molecule has 0 aliphatic carbocycles. The van der Waals surface area contributed by atoms with Gasteiger partial charge in [-0.15, -0.1) is 0 Å². The molecule has 0 bridgehead atoms. The van der Waals surface area contributed by atoms with Gasteiger partial charge in [-0.2, -0.15) is 0 Å². The summed E-state index contributed by atoms with van der Waals surface area (Å²) in [4.78, 5) is 36.6. The highest BCUT2D eigenvalue weighted by atomic mass is 16.6. The molecule has 0 unspecified atom stereocenters. The molecular weight excluding hydrogens is 310 g/mol. The molecule has 2 aromatic rings. The molecule has 7 nitrogen and oxygen atoms in total. The Kier molecular flexibility index (Phi) is 3.76. The highest BCUT2D eigenvalue weighted by molar-refractivity contribution is 6.07. The minimum absolute atomic E-state index is 0.128. The zero-order chi connectivity index (χ0) is 17.3. The maximum atomic E-state index is 12.8. The number of urea groups is 1. The monoisotopic (exact) mass is 325 g/mol. The number of nitro benzene ring substituents is 1. The van der Waals surface area contributed by atoms with Crippen LogP contribution in [0.15, 0.2) is 54.6 Å². The molecule has 0 spiro atoms. The number of hydrogen-bond donors (Lipinski definition) is 1. The lowest BCUT2D eigenvalue weighted by atomic mass is 9.91. The molecule has 1 heterocycles. The summed E-state index contributed by atoms with van der Waals surface area (Å²) < 4.78 is 0. The SMILES string of the molecule is C[C@]1(c2cccc([N+](=O)[O-])c2)NC(=O)N(Cc2ccccc2)C1=O. The van der Waals surface area contributed by atoms with E-state index >= 15 is 0 Å². The van der Waals surface area contributed by atoms with Gasteiger partial charge >= 0.3 is 6.03 Å². The third-order valence-corrected chi connectivity index (χ3v) is 4.09. The maximum Gasteiger partial charge on any atom is 0.325 e. The van der Waals surface area contributed by atoms with Crippen molar-refractivity contribution in [2.24, 2.45) is 0 Å². The first-order valence-electron chi connectivity index (χ1n) is 7.35. The van der Waals surface area contributed by atoms with Gasteiger partial charge in [0.25, 0.3) is 11.6 Å². The molecular formula is C17H15N3O4. The molecule has 0 saturated carbocycles. The van der Waals surface area contributed by atoms with Crippen LogP contribution in [0.25, 0.3) is 0 Å². The van der Waals surface area contributed by atoms with Crippen molar-refractivity contribution in [1.82, 2.24) is 10.2 Å². The van der Waals surface area contributed by atoms with Crippen LogP contribution < -0.4 is 5.32 Å². The summed E-state index contributed by atoms with van der Waals surface area (Å²) in [6.07, 6.45) is 0. The Labute approximate surface area is 138 Å². The number of non-ortho nitro benzene ring substituents is 1. The third kappa shape index (κ3) is 2.60. The molecule has 3 amide bonds. The molecule has 1 atom stereocenters. The molecule has 0 radical (unpaired) electrons. The summed E-state index contributed by atoms with van der Waals surface area (Å²) in [6, 6.07) is 14.4. The van der Waals surface area contributed by atoms with E-state index in [0.29, 0.717) is 5.56 Å². The van der Waals surface area contributed by atoms with E-state index in [-0.39, 0.29) is 12.2 Å². The van der Waals surface area contributed by atoms with Crippen molar-refractivity contribution >= 4 is 17.6 Å². The van der Waals surface area contributed by atoms with Crippen molar-refractivity contribution in [3.8, 4) is 0 Å². The van der Waals surface area contributed by atoms with Gasteiger partial charge < -0.3 is 5.32 Å². The zero-order valence-corrected chi connectivity index (χ0v) is 12.9. The zero-order valence-electron chi connectivity index (χ0n) is 12.9.